The summed E-state index contributed by atoms with van der Waals surface area (Å²) in [6, 6.07) is 10.7. The van der Waals surface area contributed by atoms with Crippen LogP contribution in [0.2, 0.25) is 5.02 Å². The minimum atomic E-state index is 0.0314. The van der Waals surface area contributed by atoms with E-state index >= 15 is 0 Å². The third-order valence-electron chi connectivity index (χ3n) is 3.78. The minimum absolute atomic E-state index is 0.0314. The Kier molecular flexibility index (Phi) is 6.59. The lowest BCUT2D eigenvalue weighted by Gasteiger charge is -2.17. The number of halogens is 1. The fourth-order valence-electron chi connectivity index (χ4n) is 2.14. The Morgan fingerprint density at radius 2 is 1.96 bits per heavy atom. The predicted molar refractivity (Wildman–Crippen MR) is 102 cm³/mol. The molecule has 0 aliphatic heterocycles. The highest BCUT2D eigenvalue weighted by Gasteiger charge is 2.14. The van der Waals surface area contributed by atoms with Crippen LogP contribution in [-0.2, 0) is 0 Å². The van der Waals surface area contributed by atoms with E-state index < -0.39 is 0 Å². The Morgan fingerprint density at radius 1 is 1.28 bits per heavy atom. The van der Waals surface area contributed by atoms with Crippen molar-refractivity contribution in [2.24, 2.45) is 4.99 Å². The summed E-state index contributed by atoms with van der Waals surface area (Å²) >= 11 is 6.35. The molecule has 0 aromatic heterocycles. The van der Waals surface area contributed by atoms with Crippen LogP contribution >= 0.6 is 11.6 Å². The highest BCUT2D eigenvalue weighted by Crippen LogP contribution is 2.37. The Morgan fingerprint density at radius 3 is 2.52 bits per heavy atom. The van der Waals surface area contributed by atoms with Gasteiger partial charge in [0, 0.05) is 11.8 Å². The van der Waals surface area contributed by atoms with Crippen LogP contribution in [0, 0.1) is 0 Å². The molecule has 0 bridgehead atoms. The maximum Gasteiger partial charge on any atom is 0.180 e. The fraction of sp³-hybridized carbons (Fsp3) is 0.300. The number of carbonyl (C=O) groups is 1. The molecule has 1 atom stereocenters. The number of hydrogen-bond acceptors (Lipinski definition) is 4. The average molecular weight is 360 g/mol. The van der Waals surface area contributed by atoms with Crippen LogP contribution in [0.1, 0.15) is 43.1 Å². The number of nitrogens with zero attached hydrogens (tertiary/aromatic N) is 1. The Balaban J connectivity index is 2.24. The van der Waals surface area contributed by atoms with Crippen molar-refractivity contribution < 1.29 is 14.3 Å². The normalized spacial score (nSPS) is 12.2. The molecule has 0 saturated heterocycles. The van der Waals surface area contributed by atoms with E-state index in [1.807, 2.05) is 19.9 Å². The fourth-order valence-corrected chi connectivity index (χ4v) is 2.41. The number of rotatable bonds is 7. The molecule has 132 valence electrons. The Bertz CT molecular complexity index is 769. The molecule has 0 aliphatic carbocycles. The van der Waals surface area contributed by atoms with Gasteiger partial charge in [-0.25, -0.2) is 0 Å². The van der Waals surface area contributed by atoms with Crippen LogP contribution in [0.25, 0.3) is 0 Å². The lowest BCUT2D eigenvalue weighted by atomic mass is 10.1. The molecule has 4 nitrogen and oxygen atoms in total. The van der Waals surface area contributed by atoms with Gasteiger partial charge in [0.2, 0.25) is 0 Å². The second-order valence-corrected chi connectivity index (χ2v) is 6.14. The van der Waals surface area contributed by atoms with Gasteiger partial charge in [0.15, 0.2) is 17.3 Å². The SMILES string of the molecule is CC[C@@H](C)Oc1c(Cl)cc(C=Nc2ccc(C(C)=O)cc2)cc1OC. The third-order valence-corrected chi connectivity index (χ3v) is 4.06. The van der Waals surface area contributed by atoms with Gasteiger partial charge in [0.05, 0.1) is 23.9 Å². The summed E-state index contributed by atoms with van der Waals surface area (Å²) in [5.41, 5.74) is 2.21. The highest BCUT2D eigenvalue weighted by atomic mass is 35.5. The van der Waals surface area contributed by atoms with Crippen LogP contribution in [0.15, 0.2) is 41.4 Å². The van der Waals surface area contributed by atoms with E-state index in [1.54, 1.807) is 43.7 Å². The molecule has 0 heterocycles. The van der Waals surface area contributed by atoms with Gasteiger partial charge in [-0.05, 0) is 62.2 Å². The van der Waals surface area contributed by atoms with Gasteiger partial charge in [-0.2, -0.15) is 0 Å². The van der Waals surface area contributed by atoms with E-state index in [1.165, 1.54) is 6.92 Å². The summed E-state index contributed by atoms with van der Waals surface area (Å²) in [7, 11) is 1.58. The first-order chi connectivity index (χ1) is 11.9. The first-order valence-corrected chi connectivity index (χ1v) is 8.51. The van der Waals surface area contributed by atoms with Gasteiger partial charge in [-0.1, -0.05) is 18.5 Å². The molecule has 0 spiro atoms. The summed E-state index contributed by atoms with van der Waals surface area (Å²) in [4.78, 5) is 15.7. The summed E-state index contributed by atoms with van der Waals surface area (Å²) in [5, 5.41) is 0.480. The van der Waals surface area contributed by atoms with Gasteiger partial charge >= 0.3 is 0 Å². The van der Waals surface area contributed by atoms with Crippen molar-refractivity contribution in [2.75, 3.05) is 7.11 Å². The standard InChI is InChI=1S/C20H22ClNO3/c1-5-13(2)25-20-18(21)10-15(11-19(20)24-4)12-22-17-8-6-16(7-9-17)14(3)23/h6-13H,5H2,1-4H3/t13-/m1/s1. The zero-order valence-corrected chi connectivity index (χ0v) is 15.6. The summed E-state index contributed by atoms with van der Waals surface area (Å²) in [5.74, 6) is 1.14. The second-order valence-electron chi connectivity index (χ2n) is 5.73. The molecule has 5 heteroatoms. The predicted octanol–water partition coefficient (Wildman–Crippen LogP) is 5.48. The summed E-state index contributed by atoms with van der Waals surface area (Å²) in [6.07, 6.45) is 2.62. The van der Waals surface area contributed by atoms with Crippen LogP contribution < -0.4 is 9.47 Å². The number of methoxy groups -OCH3 is 1. The number of Topliss-reactive ketones (excluding diaryl/α,β-unsaturated/α-hetero) is 1. The Labute approximate surface area is 153 Å². The maximum absolute atomic E-state index is 11.3. The van der Waals surface area contributed by atoms with Crippen LogP contribution in [-0.4, -0.2) is 25.2 Å². The van der Waals surface area contributed by atoms with Gasteiger partial charge in [0.1, 0.15) is 0 Å². The largest absolute Gasteiger partial charge is 0.493 e. The minimum Gasteiger partial charge on any atom is -0.493 e. The second kappa shape index (κ2) is 8.67. The number of ketones is 1. The molecule has 0 unspecified atom stereocenters. The molecule has 0 N–H and O–H groups in total. The maximum atomic E-state index is 11.3. The molecule has 25 heavy (non-hydrogen) atoms. The molecule has 0 saturated carbocycles. The monoisotopic (exact) mass is 359 g/mol. The van der Waals surface area contributed by atoms with Gasteiger partial charge in [-0.15, -0.1) is 0 Å². The molecule has 0 amide bonds. The third kappa shape index (κ3) is 5.07. The average Bonchev–Trinajstić information content (AvgIpc) is 2.61. The lowest BCUT2D eigenvalue weighted by molar-refractivity contribution is 0.101. The molecule has 0 radical (unpaired) electrons. The van der Waals surface area contributed by atoms with E-state index in [4.69, 9.17) is 21.1 Å². The van der Waals surface area contributed by atoms with Gasteiger partial charge in [0.25, 0.3) is 0 Å². The number of ether oxygens (including phenoxy) is 2. The van der Waals surface area contributed by atoms with E-state index in [0.29, 0.717) is 22.1 Å². The molecule has 2 rings (SSSR count). The number of carbonyl (C=O) groups excluding carboxylic acids is 1. The smallest absolute Gasteiger partial charge is 0.180 e. The quantitative estimate of drug-likeness (QED) is 0.485. The molecule has 0 aliphatic rings. The van der Waals surface area contributed by atoms with Crippen LogP contribution in [0.5, 0.6) is 11.5 Å². The van der Waals surface area contributed by atoms with Crippen molar-refractivity contribution in [3.8, 4) is 11.5 Å². The summed E-state index contributed by atoms with van der Waals surface area (Å²) in [6.45, 7) is 5.56. The van der Waals surface area contributed by atoms with Crippen molar-refractivity contribution >= 4 is 29.3 Å². The topological polar surface area (TPSA) is 47.9 Å². The van der Waals surface area contributed by atoms with E-state index in [2.05, 4.69) is 4.99 Å². The van der Waals surface area contributed by atoms with E-state index in [-0.39, 0.29) is 11.9 Å². The van der Waals surface area contributed by atoms with E-state index in [9.17, 15) is 4.79 Å². The molecular weight excluding hydrogens is 338 g/mol. The first kappa shape index (κ1) is 19.0. The molecule has 2 aromatic carbocycles. The van der Waals surface area contributed by atoms with Crippen molar-refractivity contribution in [1.82, 2.24) is 0 Å². The van der Waals surface area contributed by atoms with Crippen LogP contribution in [0.3, 0.4) is 0 Å². The van der Waals surface area contributed by atoms with E-state index in [0.717, 1.165) is 17.7 Å². The molecule has 0 fully saturated rings. The van der Waals surface area contributed by atoms with Crippen molar-refractivity contribution in [1.29, 1.82) is 0 Å². The van der Waals surface area contributed by atoms with Gasteiger partial charge in [-0.3, -0.25) is 9.79 Å². The van der Waals surface area contributed by atoms with Gasteiger partial charge < -0.3 is 9.47 Å². The number of benzene rings is 2. The summed E-state index contributed by atoms with van der Waals surface area (Å²) < 4.78 is 11.2. The number of aliphatic imine (C=N–C) groups is 1. The zero-order valence-electron chi connectivity index (χ0n) is 14.9. The van der Waals surface area contributed by atoms with Crippen molar-refractivity contribution in [3.63, 3.8) is 0 Å². The van der Waals surface area contributed by atoms with Crippen molar-refractivity contribution in [3.05, 3.63) is 52.5 Å². The lowest BCUT2D eigenvalue weighted by Crippen LogP contribution is -2.11. The first-order valence-electron chi connectivity index (χ1n) is 8.13. The highest BCUT2D eigenvalue weighted by molar-refractivity contribution is 6.32. The molecule has 2 aromatic rings. The van der Waals surface area contributed by atoms with Crippen molar-refractivity contribution in [2.45, 2.75) is 33.3 Å². The Hall–Kier alpha value is -2.33. The zero-order chi connectivity index (χ0) is 18.4. The number of hydrogen-bond donors (Lipinski definition) is 0. The molecular formula is C20H22ClNO3. The van der Waals surface area contributed by atoms with Crippen LogP contribution in [0.4, 0.5) is 5.69 Å².